The minimum absolute atomic E-state index is 0.148. The van der Waals surface area contributed by atoms with E-state index in [9.17, 15) is 4.79 Å². The van der Waals surface area contributed by atoms with Gasteiger partial charge in [-0.3, -0.25) is 4.90 Å². The molecular weight excluding hydrogens is 436 g/mol. The van der Waals surface area contributed by atoms with Gasteiger partial charge in [0, 0.05) is 22.7 Å². The molecule has 1 N–H and O–H groups in total. The third-order valence-electron chi connectivity index (χ3n) is 5.58. The lowest BCUT2D eigenvalue weighted by atomic mass is 9.94. The van der Waals surface area contributed by atoms with E-state index in [1.807, 2.05) is 61.7 Å². The second kappa shape index (κ2) is 9.70. The molecule has 7 nitrogen and oxygen atoms in total. The van der Waals surface area contributed by atoms with Gasteiger partial charge in [0.2, 0.25) is 5.82 Å². The number of urea groups is 1. The molecule has 1 aliphatic heterocycles. The Bertz CT molecular complexity index is 1170. The number of nitrogens with zero attached hydrogens (tertiary/aromatic N) is 3. The maximum Gasteiger partial charge on any atom is 0.322 e. The van der Waals surface area contributed by atoms with Crippen LogP contribution in [-0.4, -0.2) is 41.0 Å². The van der Waals surface area contributed by atoms with E-state index in [1.54, 1.807) is 23.8 Å². The maximum absolute atomic E-state index is 13.0. The molecule has 8 heteroatoms. The number of methoxy groups -OCH3 is 1. The summed E-state index contributed by atoms with van der Waals surface area (Å²) in [6, 6.07) is 15.1. The van der Waals surface area contributed by atoms with Crippen LogP contribution in [0.15, 0.2) is 63.6 Å². The smallest absolute Gasteiger partial charge is 0.322 e. The van der Waals surface area contributed by atoms with Crippen molar-refractivity contribution in [3.05, 3.63) is 65.7 Å². The molecule has 0 fully saturated rings. The van der Waals surface area contributed by atoms with E-state index < -0.39 is 6.04 Å². The SMILES string of the molecule is COc1cccc(C2NC(=O)N(CC(C)C)C(C)=C2c2nc(-c3ccc(SC)cc3)no2)c1. The number of hydrogen-bond acceptors (Lipinski definition) is 6. The average molecular weight is 465 g/mol. The summed E-state index contributed by atoms with van der Waals surface area (Å²) >= 11 is 1.68. The van der Waals surface area contributed by atoms with Crippen molar-refractivity contribution in [1.29, 1.82) is 0 Å². The van der Waals surface area contributed by atoms with Gasteiger partial charge in [0.25, 0.3) is 5.89 Å². The molecule has 1 aromatic heterocycles. The Morgan fingerprint density at radius 2 is 1.97 bits per heavy atom. The summed E-state index contributed by atoms with van der Waals surface area (Å²) in [4.78, 5) is 20.6. The lowest BCUT2D eigenvalue weighted by molar-refractivity contribution is 0.199. The summed E-state index contributed by atoms with van der Waals surface area (Å²) in [7, 11) is 1.62. The van der Waals surface area contributed by atoms with Crippen LogP contribution >= 0.6 is 11.8 Å². The van der Waals surface area contributed by atoms with Gasteiger partial charge in [0.15, 0.2) is 0 Å². The summed E-state index contributed by atoms with van der Waals surface area (Å²) in [6.07, 6.45) is 2.04. The average Bonchev–Trinajstić information content (AvgIpc) is 3.31. The van der Waals surface area contributed by atoms with Crippen LogP contribution in [0.3, 0.4) is 0 Å². The Kier molecular flexibility index (Phi) is 6.74. The highest BCUT2D eigenvalue weighted by atomic mass is 32.2. The normalized spacial score (nSPS) is 16.4. The fourth-order valence-electron chi connectivity index (χ4n) is 3.90. The van der Waals surface area contributed by atoms with Crippen molar-refractivity contribution in [3.63, 3.8) is 0 Å². The second-order valence-electron chi connectivity index (χ2n) is 8.31. The van der Waals surface area contributed by atoms with Crippen LogP contribution in [0.1, 0.15) is 38.3 Å². The first-order valence-corrected chi connectivity index (χ1v) is 12.0. The molecule has 1 aliphatic rings. The minimum Gasteiger partial charge on any atom is -0.497 e. The van der Waals surface area contributed by atoms with E-state index in [4.69, 9.17) is 14.2 Å². The number of thioether (sulfide) groups is 1. The summed E-state index contributed by atoms with van der Waals surface area (Å²) in [5.74, 6) is 1.91. The van der Waals surface area contributed by atoms with Crippen LogP contribution in [-0.2, 0) is 0 Å². The van der Waals surface area contributed by atoms with Crippen molar-refractivity contribution in [2.45, 2.75) is 31.7 Å². The van der Waals surface area contributed by atoms with Gasteiger partial charge in [-0.1, -0.05) is 31.1 Å². The Hall–Kier alpha value is -3.26. The molecule has 33 heavy (non-hydrogen) atoms. The third-order valence-corrected chi connectivity index (χ3v) is 6.32. The molecule has 2 heterocycles. The maximum atomic E-state index is 13.0. The van der Waals surface area contributed by atoms with Gasteiger partial charge in [-0.15, -0.1) is 11.8 Å². The first-order chi connectivity index (χ1) is 15.9. The number of benzene rings is 2. The topological polar surface area (TPSA) is 80.5 Å². The fourth-order valence-corrected chi connectivity index (χ4v) is 4.31. The highest BCUT2D eigenvalue weighted by Crippen LogP contribution is 2.38. The molecule has 3 aromatic rings. The highest BCUT2D eigenvalue weighted by molar-refractivity contribution is 7.98. The van der Waals surface area contributed by atoms with Gasteiger partial charge in [-0.2, -0.15) is 4.98 Å². The lowest BCUT2D eigenvalue weighted by Gasteiger charge is -2.36. The third kappa shape index (κ3) is 4.75. The van der Waals surface area contributed by atoms with Gasteiger partial charge >= 0.3 is 6.03 Å². The highest BCUT2D eigenvalue weighted by Gasteiger charge is 2.36. The van der Waals surface area contributed by atoms with E-state index in [0.29, 0.717) is 29.9 Å². The number of allylic oxidation sites excluding steroid dienone is 1. The molecule has 0 saturated heterocycles. The van der Waals surface area contributed by atoms with Crippen molar-refractivity contribution in [2.24, 2.45) is 5.92 Å². The predicted molar refractivity (Wildman–Crippen MR) is 130 cm³/mol. The number of rotatable bonds is 7. The Morgan fingerprint density at radius 3 is 2.64 bits per heavy atom. The van der Waals surface area contributed by atoms with Gasteiger partial charge in [-0.25, -0.2) is 4.79 Å². The molecule has 2 aromatic carbocycles. The van der Waals surface area contributed by atoms with Crippen molar-refractivity contribution in [1.82, 2.24) is 20.4 Å². The van der Waals surface area contributed by atoms with Crippen LogP contribution in [0.5, 0.6) is 5.75 Å². The van der Waals surface area contributed by atoms with E-state index in [-0.39, 0.29) is 6.03 Å². The first kappa shape index (κ1) is 22.9. The van der Waals surface area contributed by atoms with Crippen molar-refractivity contribution >= 4 is 23.4 Å². The summed E-state index contributed by atoms with van der Waals surface area (Å²) < 4.78 is 11.2. The van der Waals surface area contributed by atoms with Crippen LogP contribution < -0.4 is 10.1 Å². The lowest BCUT2D eigenvalue weighted by Crippen LogP contribution is -2.47. The Labute approximate surface area is 198 Å². The zero-order valence-electron chi connectivity index (χ0n) is 19.5. The number of carbonyl (C=O) groups excluding carboxylic acids is 1. The summed E-state index contributed by atoms with van der Waals surface area (Å²) in [5.41, 5.74) is 3.33. The Balaban J connectivity index is 1.79. The number of nitrogens with one attached hydrogen (secondary N) is 1. The second-order valence-corrected chi connectivity index (χ2v) is 9.19. The summed E-state index contributed by atoms with van der Waals surface area (Å²) in [6.45, 7) is 6.68. The van der Waals surface area contributed by atoms with E-state index in [1.165, 1.54) is 4.90 Å². The zero-order chi connectivity index (χ0) is 23.5. The summed E-state index contributed by atoms with van der Waals surface area (Å²) in [5, 5.41) is 7.36. The largest absolute Gasteiger partial charge is 0.497 e. The van der Waals surface area contributed by atoms with E-state index in [2.05, 4.69) is 24.3 Å². The first-order valence-electron chi connectivity index (χ1n) is 10.8. The monoisotopic (exact) mass is 464 g/mol. The number of ether oxygens (including phenoxy) is 1. The molecule has 172 valence electrons. The van der Waals surface area contributed by atoms with Crippen LogP contribution in [0.2, 0.25) is 0 Å². The van der Waals surface area contributed by atoms with Crippen molar-refractivity contribution in [2.75, 3.05) is 19.9 Å². The quantitative estimate of drug-likeness (QED) is 0.457. The number of hydrogen-bond donors (Lipinski definition) is 1. The zero-order valence-corrected chi connectivity index (χ0v) is 20.3. The van der Waals surface area contributed by atoms with Crippen LogP contribution in [0.4, 0.5) is 4.79 Å². The van der Waals surface area contributed by atoms with Gasteiger partial charge < -0.3 is 14.6 Å². The molecular formula is C25H28N4O3S. The van der Waals surface area contributed by atoms with Crippen LogP contribution in [0, 0.1) is 5.92 Å². The molecule has 0 bridgehead atoms. The van der Waals surface area contributed by atoms with Gasteiger partial charge in [0.1, 0.15) is 5.75 Å². The van der Waals surface area contributed by atoms with Gasteiger partial charge in [-0.05, 0) is 61.1 Å². The molecule has 0 spiro atoms. The molecule has 0 saturated carbocycles. The number of aromatic nitrogens is 2. The number of carbonyl (C=O) groups is 1. The molecule has 0 radical (unpaired) electrons. The fraction of sp³-hybridized carbons (Fsp3) is 0.320. The molecule has 1 unspecified atom stereocenters. The molecule has 2 amide bonds. The molecule has 0 aliphatic carbocycles. The minimum atomic E-state index is -0.442. The predicted octanol–water partition coefficient (Wildman–Crippen LogP) is 5.62. The van der Waals surface area contributed by atoms with Crippen molar-refractivity contribution < 1.29 is 14.1 Å². The van der Waals surface area contributed by atoms with E-state index >= 15 is 0 Å². The standard InChI is InChI=1S/C25H28N4O3S/c1-15(2)14-29-16(3)21(22(26-25(29)30)18-7-6-8-19(13-18)31-4)24-27-23(28-32-24)17-9-11-20(33-5)12-10-17/h6-13,15,22H,14H2,1-5H3,(H,26,30). The molecule has 1 atom stereocenters. The molecule has 4 rings (SSSR count). The van der Waals surface area contributed by atoms with Crippen molar-refractivity contribution in [3.8, 4) is 17.1 Å². The Morgan fingerprint density at radius 1 is 1.21 bits per heavy atom. The van der Waals surface area contributed by atoms with Gasteiger partial charge in [0.05, 0.1) is 18.7 Å². The number of amides is 2. The van der Waals surface area contributed by atoms with Crippen LogP contribution in [0.25, 0.3) is 17.0 Å². The van der Waals surface area contributed by atoms with E-state index in [0.717, 1.165) is 22.4 Å².